The SMILES string of the molecule is CC(C)CC(NC(=O)C(C)N(C)C)C(=O)On1c(O)ccc1O. The van der Waals surface area contributed by atoms with E-state index in [0.717, 1.165) is 0 Å². The maximum absolute atomic E-state index is 12.3. The Kier molecular flexibility index (Phi) is 6.44. The molecule has 1 rings (SSSR count). The molecule has 8 nitrogen and oxygen atoms in total. The average Bonchev–Trinajstić information content (AvgIpc) is 2.76. The maximum atomic E-state index is 12.3. The van der Waals surface area contributed by atoms with Gasteiger partial charge < -0.3 is 20.4 Å². The highest BCUT2D eigenvalue weighted by Gasteiger charge is 2.28. The van der Waals surface area contributed by atoms with Gasteiger partial charge in [0, 0.05) is 12.1 Å². The molecule has 0 spiro atoms. The fourth-order valence-corrected chi connectivity index (χ4v) is 1.86. The second-order valence-corrected chi connectivity index (χ2v) is 6.08. The van der Waals surface area contributed by atoms with Gasteiger partial charge in [0.2, 0.25) is 17.7 Å². The molecule has 0 aromatic carbocycles. The van der Waals surface area contributed by atoms with Gasteiger partial charge in [-0.25, -0.2) is 4.79 Å². The molecule has 0 radical (unpaired) electrons. The third-order valence-electron chi connectivity index (χ3n) is 3.44. The molecule has 1 heterocycles. The monoisotopic (exact) mass is 327 g/mol. The van der Waals surface area contributed by atoms with E-state index >= 15 is 0 Å². The molecule has 0 fully saturated rings. The molecule has 0 aliphatic carbocycles. The largest absolute Gasteiger partial charge is 0.492 e. The van der Waals surface area contributed by atoms with Crippen molar-refractivity contribution in [1.82, 2.24) is 14.9 Å². The molecule has 23 heavy (non-hydrogen) atoms. The Morgan fingerprint density at radius 1 is 1.22 bits per heavy atom. The first-order chi connectivity index (χ1) is 10.6. The van der Waals surface area contributed by atoms with Crippen LogP contribution < -0.4 is 10.2 Å². The summed E-state index contributed by atoms with van der Waals surface area (Å²) < 4.78 is 0.608. The molecule has 0 saturated carbocycles. The van der Waals surface area contributed by atoms with Gasteiger partial charge in [-0.15, -0.1) is 4.73 Å². The highest BCUT2D eigenvalue weighted by atomic mass is 16.7. The van der Waals surface area contributed by atoms with Crippen LogP contribution in [0.2, 0.25) is 0 Å². The maximum Gasteiger partial charge on any atom is 0.355 e. The van der Waals surface area contributed by atoms with E-state index < -0.39 is 29.8 Å². The van der Waals surface area contributed by atoms with Crippen molar-refractivity contribution < 1.29 is 24.6 Å². The first-order valence-electron chi connectivity index (χ1n) is 7.42. The zero-order valence-electron chi connectivity index (χ0n) is 14.1. The molecular formula is C15H25N3O5. The third kappa shape index (κ3) is 5.17. The summed E-state index contributed by atoms with van der Waals surface area (Å²) in [5, 5.41) is 21.7. The molecule has 0 saturated heterocycles. The number of likely N-dealkylation sites (N-methyl/N-ethyl adjacent to an activating group) is 1. The smallest absolute Gasteiger partial charge is 0.355 e. The van der Waals surface area contributed by atoms with Crippen LogP contribution in [0.1, 0.15) is 27.2 Å². The van der Waals surface area contributed by atoms with Crippen LogP contribution >= 0.6 is 0 Å². The van der Waals surface area contributed by atoms with Crippen LogP contribution in [0.15, 0.2) is 12.1 Å². The lowest BCUT2D eigenvalue weighted by molar-refractivity contribution is -0.150. The van der Waals surface area contributed by atoms with Crippen LogP contribution in [0.5, 0.6) is 11.8 Å². The molecule has 2 unspecified atom stereocenters. The van der Waals surface area contributed by atoms with E-state index in [4.69, 9.17) is 4.84 Å². The Morgan fingerprint density at radius 2 is 1.74 bits per heavy atom. The Bertz CT molecular complexity index is 534. The van der Waals surface area contributed by atoms with Crippen molar-refractivity contribution in [2.45, 2.75) is 39.3 Å². The molecule has 1 aromatic heterocycles. The van der Waals surface area contributed by atoms with Gasteiger partial charge in [0.1, 0.15) is 6.04 Å². The fourth-order valence-electron chi connectivity index (χ4n) is 1.86. The number of carbonyl (C=O) groups excluding carboxylic acids is 2. The number of hydrogen-bond acceptors (Lipinski definition) is 6. The highest BCUT2D eigenvalue weighted by Crippen LogP contribution is 2.19. The molecule has 2 atom stereocenters. The Morgan fingerprint density at radius 3 is 2.17 bits per heavy atom. The van der Waals surface area contributed by atoms with Gasteiger partial charge in [-0.05, 0) is 33.4 Å². The first kappa shape index (κ1) is 18.8. The molecule has 0 bridgehead atoms. The average molecular weight is 327 g/mol. The van der Waals surface area contributed by atoms with E-state index in [-0.39, 0.29) is 11.8 Å². The minimum atomic E-state index is -0.883. The standard InChI is InChI=1S/C15H25N3O5/c1-9(2)8-11(16-14(21)10(3)17(4)5)15(22)23-18-12(19)6-7-13(18)20/h6-7,9-11,19-20H,8H2,1-5H3,(H,16,21). The topological polar surface area (TPSA) is 104 Å². The van der Waals surface area contributed by atoms with Crippen molar-refractivity contribution in [3.63, 3.8) is 0 Å². The van der Waals surface area contributed by atoms with Crippen molar-refractivity contribution in [3.8, 4) is 11.8 Å². The summed E-state index contributed by atoms with van der Waals surface area (Å²) in [5.74, 6) is -1.76. The van der Waals surface area contributed by atoms with E-state index in [1.165, 1.54) is 12.1 Å². The summed E-state index contributed by atoms with van der Waals surface area (Å²) in [6.45, 7) is 5.54. The van der Waals surface area contributed by atoms with Gasteiger partial charge in [-0.1, -0.05) is 13.8 Å². The predicted molar refractivity (Wildman–Crippen MR) is 83.9 cm³/mol. The quantitative estimate of drug-likeness (QED) is 0.667. The van der Waals surface area contributed by atoms with E-state index in [9.17, 15) is 19.8 Å². The number of amides is 1. The Balaban J connectivity index is 2.84. The lowest BCUT2D eigenvalue weighted by Crippen LogP contribution is -2.50. The molecular weight excluding hydrogens is 302 g/mol. The molecule has 8 heteroatoms. The number of aromatic hydroxyl groups is 2. The van der Waals surface area contributed by atoms with E-state index in [2.05, 4.69) is 5.32 Å². The van der Waals surface area contributed by atoms with Crippen molar-refractivity contribution in [3.05, 3.63) is 12.1 Å². The summed E-state index contributed by atoms with van der Waals surface area (Å²) in [6, 6.07) is 1.08. The number of nitrogens with one attached hydrogen (secondary N) is 1. The minimum Gasteiger partial charge on any atom is -0.492 e. The summed E-state index contributed by atoms with van der Waals surface area (Å²) in [4.78, 5) is 31.1. The molecule has 1 amide bonds. The summed E-state index contributed by atoms with van der Waals surface area (Å²) in [7, 11) is 3.52. The fraction of sp³-hybridized carbons (Fsp3) is 0.600. The van der Waals surface area contributed by atoms with Gasteiger partial charge in [-0.3, -0.25) is 9.69 Å². The predicted octanol–water partition coefficient (Wildman–Crippen LogP) is 0.336. The highest BCUT2D eigenvalue weighted by molar-refractivity contribution is 5.87. The number of hydrogen-bond donors (Lipinski definition) is 3. The second-order valence-electron chi connectivity index (χ2n) is 6.08. The van der Waals surface area contributed by atoms with Crippen LogP contribution in [0.25, 0.3) is 0 Å². The van der Waals surface area contributed by atoms with E-state index in [0.29, 0.717) is 11.2 Å². The zero-order chi connectivity index (χ0) is 17.7. The number of carbonyl (C=O) groups is 2. The van der Waals surface area contributed by atoms with E-state index in [1.54, 1.807) is 25.9 Å². The number of aromatic nitrogens is 1. The van der Waals surface area contributed by atoms with Crippen LogP contribution in [-0.2, 0) is 9.59 Å². The molecule has 0 aliphatic rings. The minimum absolute atomic E-state index is 0.134. The van der Waals surface area contributed by atoms with Gasteiger partial charge in [-0.2, -0.15) is 0 Å². The van der Waals surface area contributed by atoms with Gasteiger partial charge in [0.05, 0.1) is 6.04 Å². The molecule has 1 aromatic rings. The van der Waals surface area contributed by atoms with Crippen LogP contribution in [-0.4, -0.2) is 57.9 Å². The molecule has 3 N–H and O–H groups in total. The van der Waals surface area contributed by atoms with E-state index in [1.807, 2.05) is 13.8 Å². The summed E-state index contributed by atoms with van der Waals surface area (Å²) in [5.41, 5.74) is 0. The van der Waals surface area contributed by atoms with Gasteiger partial charge in [0.25, 0.3) is 0 Å². The van der Waals surface area contributed by atoms with Crippen LogP contribution in [0.3, 0.4) is 0 Å². The first-order valence-corrected chi connectivity index (χ1v) is 7.42. The Labute approximate surface area is 135 Å². The Hall–Kier alpha value is -2.22. The normalized spacial score (nSPS) is 13.9. The van der Waals surface area contributed by atoms with Crippen LogP contribution in [0.4, 0.5) is 0 Å². The van der Waals surface area contributed by atoms with Crippen molar-refractivity contribution in [2.24, 2.45) is 5.92 Å². The van der Waals surface area contributed by atoms with Crippen LogP contribution in [0, 0.1) is 5.92 Å². The lowest BCUT2D eigenvalue weighted by atomic mass is 10.0. The van der Waals surface area contributed by atoms with Crippen molar-refractivity contribution >= 4 is 11.9 Å². The van der Waals surface area contributed by atoms with Gasteiger partial charge >= 0.3 is 5.97 Å². The second kappa shape index (κ2) is 7.87. The summed E-state index contributed by atoms with van der Waals surface area (Å²) in [6.07, 6.45) is 0.369. The summed E-state index contributed by atoms with van der Waals surface area (Å²) >= 11 is 0. The number of rotatable bonds is 7. The molecule has 130 valence electrons. The third-order valence-corrected chi connectivity index (χ3v) is 3.44. The molecule has 0 aliphatic heterocycles. The zero-order valence-corrected chi connectivity index (χ0v) is 14.1. The lowest BCUT2D eigenvalue weighted by Gasteiger charge is -2.24. The van der Waals surface area contributed by atoms with Gasteiger partial charge in [0.15, 0.2) is 0 Å². The van der Waals surface area contributed by atoms with Crippen molar-refractivity contribution in [1.29, 1.82) is 0 Å². The van der Waals surface area contributed by atoms with Crippen molar-refractivity contribution in [2.75, 3.05) is 14.1 Å². The number of nitrogens with zero attached hydrogens (tertiary/aromatic N) is 2.